The number of benzene rings is 1. The van der Waals surface area contributed by atoms with Gasteiger partial charge in [0.2, 0.25) is 5.91 Å². The molecule has 0 bridgehead atoms. The van der Waals surface area contributed by atoms with Gasteiger partial charge in [-0.1, -0.05) is 25.4 Å². The summed E-state index contributed by atoms with van der Waals surface area (Å²) in [4.78, 5) is 28.1. The molecule has 1 aliphatic rings. The molecule has 1 fully saturated rings. The third-order valence-electron chi connectivity index (χ3n) is 3.85. The predicted molar refractivity (Wildman–Crippen MR) is 89.9 cm³/mol. The van der Waals surface area contributed by atoms with Crippen LogP contribution in [0.15, 0.2) is 18.2 Å². The van der Waals surface area contributed by atoms with Crippen molar-refractivity contribution >= 4 is 23.4 Å². The molecule has 0 atom stereocenters. The quantitative estimate of drug-likeness (QED) is 0.848. The van der Waals surface area contributed by atoms with Gasteiger partial charge in [0.1, 0.15) is 5.75 Å². The van der Waals surface area contributed by atoms with Crippen molar-refractivity contribution in [2.45, 2.75) is 20.8 Å². The Morgan fingerprint density at radius 3 is 2.30 bits per heavy atom. The number of nitrogens with zero attached hydrogens (tertiary/aromatic N) is 2. The van der Waals surface area contributed by atoms with Crippen LogP contribution in [-0.4, -0.2) is 54.4 Å². The van der Waals surface area contributed by atoms with Crippen LogP contribution in [0.1, 0.15) is 31.1 Å². The zero-order valence-electron chi connectivity index (χ0n) is 13.8. The van der Waals surface area contributed by atoms with E-state index in [9.17, 15) is 9.59 Å². The minimum atomic E-state index is -0.0633. The summed E-state index contributed by atoms with van der Waals surface area (Å²) in [5, 5.41) is 0.436. The average Bonchev–Trinajstić information content (AvgIpc) is 2.55. The van der Waals surface area contributed by atoms with Crippen LogP contribution in [0.25, 0.3) is 0 Å². The maximum atomic E-state index is 12.6. The topological polar surface area (TPSA) is 49.9 Å². The molecule has 0 spiro atoms. The van der Waals surface area contributed by atoms with Gasteiger partial charge in [0, 0.05) is 37.7 Å². The molecule has 2 amide bonds. The third-order valence-corrected chi connectivity index (χ3v) is 4.15. The van der Waals surface area contributed by atoms with Crippen LogP contribution in [0.5, 0.6) is 5.75 Å². The summed E-state index contributed by atoms with van der Waals surface area (Å²) in [7, 11) is 0. The number of halogens is 1. The van der Waals surface area contributed by atoms with Crippen molar-refractivity contribution in [1.29, 1.82) is 0 Å². The van der Waals surface area contributed by atoms with Gasteiger partial charge in [0.25, 0.3) is 5.91 Å². The van der Waals surface area contributed by atoms with Crippen molar-refractivity contribution in [2.75, 3.05) is 32.8 Å². The van der Waals surface area contributed by atoms with Gasteiger partial charge >= 0.3 is 0 Å². The van der Waals surface area contributed by atoms with E-state index in [-0.39, 0.29) is 17.7 Å². The Morgan fingerprint density at radius 1 is 1.17 bits per heavy atom. The molecule has 1 aromatic carbocycles. The summed E-state index contributed by atoms with van der Waals surface area (Å²) >= 11 is 6.14. The SMILES string of the molecule is CCOc1ccc(C(=O)N2CCN(C(=O)C(C)C)CC2)cc1Cl. The normalized spacial score (nSPS) is 15.0. The van der Waals surface area contributed by atoms with Crippen LogP contribution in [-0.2, 0) is 4.79 Å². The molecule has 0 aliphatic carbocycles. The second kappa shape index (κ2) is 7.68. The molecule has 126 valence electrons. The molecule has 0 unspecified atom stereocenters. The summed E-state index contributed by atoms with van der Waals surface area (Å²) in [5.41, 5.74) is 0.544. The first-order chi connectivity index (χ1) is 10.9. The maximum absolute atomic E-state index is 12.6. The molecule has 23 heavy (non-hydrogen) atoms. The lowest BCUT2D eigenvalue weighted by Crippen LogP contribution is -2.51. The van der Waals surface area contributed by atoms with E-state index < -0.39 is 0 Å². The van der Waals surface area contributed by atoms with Gasteiger partial charge in [-0.25, -0.2) is 0 Å². The highest BCUT2D eigenvalue weighted by molar-refractivity contribution is 6.32. The Balaban J connectivity index is 2.00. The molecule has 1 aromatic rings. The number of hydrogen-bond acceptors (Lipinski definition) is 3. The standard InChI is InChI=1S/C17H23ClN2O3/c1-4-23-15-6-5-13(11-14(15)18)17(22)20-9-7-19(8-10-20)16(21)12(2)3/h5-6,11-12H,4,7-10H2,1-3H3. The lowest BCUT2D eigenvalue weighted by atomic mass is 10.1. The van der Waals surface area contributed by atoms with Gasteiger partial charge in [-0.05, 0) is 25.1 Å². The van der Waals surface area contributed by atoms with E-state index in [1.54, 1.807) is 23.1 Å². The zero-order valence-corrected chi connectivity index (χ0v) is 14.6. The summed E-state index contributed by atoms with van der Waals surface area (Å²) < 4.78 is 5.38. The second-order valence-corrected chi connectivity index (χ2v) is 6.26. The first-order valence-electron chi connectivity index (χ1n) is 7.94. The molecule has 0 saturated carbocycles. The van der Waals surface area contributed by atoms with Crippen LogP contribution in [0.2, 0.25) is 5.02 Å². The van der Waals surface area contributed by atoms with Crippen molar-refractivity contribution in [3.8, 4) is 5.75 Å². The smallest absolute Gasteiger partial charge is 0.254 e. The number of ether oxygens (including phenoxy) is 1. The molecule has 1 aliphatic heterocycles. The van der Waals surface area contributed by atoms with Crippen molar-refractivity contribution in [3.05, 3.63) is 28.8 Å². The highest BCUT2D eigenvalue weighted by Crippen LogP contribution is 2.26. The van der Waals surface area contributed by atoms with E-state index in [0.717, 1.165) is 0 Å². The summed E-state index contributed by atoms with van der Waals surface area (Å²) in [6, 6.07) is 5.09. The number of piperazine rings is 1. The van der Waals surface area contributed by atoms with Gasteiger partial charge in [-0.2, -0.15) is 0 Å². The minimum Gasteiger partial charge on any atom is -0.492 e. The first-order valence-corrected chi connectivity index (χ1v) is 8.32. The lowest BCUT2D eigenvalue weighted by molar-refractivity contribution is -0.135. The van der Waals surface area contributed by atoms with Crippen LogP contribution in [0.3, 0.4) is 0 Å². The molecular formula is C17H23ClN2O3. The maximum Gasteiger partial charge on any atom is 0.254 e. The van der Waals surface area contributed by atoms with E-state index in [4.69, 9.17) is 16.3 Å². The number of carbonyl (C=O) groups excluding carboxylic acids is 2. The molecule has 6 heteroatoms. The predicted octanol–water partition coefficient (Wildman–Crippen LogP) is 2.68. The monoisotopic (exact) mass is 338 g/mol. The summed E-state index contributed by atoms with van der Waals surface area (Å²) in [6.45, 7) is 8.43. The van der Waals surface area contributed by atoms with E-state index in [0.29, 0.717) is 49.1 Å². The Morgan fingerprint density at radius 2 is 1.78 bits per heavy atom. The van der Waals surface area contributed by atoms with E-state index >= 15 is 0 Å². The van der Waals surface area contributed by atoms with Crippen LogP contribution in [0, 0.1) is 5.92 Å². The summed E-state index contributed by atoms with van der Waals surface area (Å²) in [5.74, 6) is 0.646. The third kappa shape index (κ3) is 4.16. The second-order valence-electron chi connectivity index (χ2n) is 5.85. The minimum absolute atomic E-state index is 0.0119. The Kier molecular flexibility index (Phi) is 5.88. The van der Waals surface area contributed by atoms with Crippen molar-refractivity contribution < 1.29 is 14.3 Å². The number of amides is 2. The highest BCUT2D eigenvalue weighted by atomic mass is 35.5. The van der Waals surface area contributed by atoms with Crippen molar-refractivity contribution in [2.24, 2.45) is 5.92 Å². The molecule has 1 saturated heterocycles. The molecule has 0 aromatic heterocycles. The fourth-order valence-corrected chi connectivity index (χ4v) is 2.82. The van der Waals surface area contributed by atoms with Crippen LogP contribution in [0.4, 0.5) is 0 Å². The average molecular weight is 339 g/mol. The van der Waals surface area contributed by atoms with Gasteiger partial charge in [-0.15, -0.1) is 0 Å². The Hall–Kier alpha value is -1.75. The fourth-order valence-electron chi connectivity index (χ4n) is 2.58. The number of rotatable bonds is 4. The van der Waals surface area contributed by atoms with Crippen molar-refractivity contribution in [1.82, 2.24) is 9.80 Å². The molecule has 5 nitrogen and oxygen atoms in total. The lowest BCUT2D eigenvalue weighted by Gasteiger charge is -2.35. The summed E-state index contributed by atoms with van der Waals surface area (Å²) in [6.07, 6.45) is 0. The highest BCUT2D eigenvalue weighted by Gasteiger charge is 2.26. The van der Waals surface area contributed by atoms with Crippen LogP contribution < -0.4 is 4.74 Å². The number of carbonyl (C=O) groups is 2. The molecule has 0 N–H and O–H groups in total. The first kappa shape index (κ1) is 17.6. The van der Waals surface area contributed by atoms with Gasteiger partial charge in [-0.3, -0.25) is 9.59 Å². The molecule has 0 radical (unpaired) electrons. The van der Waals surface area contributed by atoms with Crippen molar-refractivity contribution in [3.63, 3.8) is 0 Å². The fraction of sp³-hybridized carbons (Fsp3) is 0.529. The molecule has 1 heterocycles. The van der Waals surface area contributed by atoms with Gasteiger partial charge in [0.05, 0.1) is 11.6 Å². The zero-order chi connectivity index (χ0) is 17.0. The Bertz CT molecular complexity index is 581. The number of hydrogen-bond donors (Lipinski definition) is 0. The van der Waals surface area contributed by atoms with E-state index in [2.05, 4.69) is 0 Å². The van der Waals surface area contributed by atoms with Crippen LogP contribution >= 0.6 is 11.6 Å². The Labute approximate surface area is 142 Å². The van der Waals surface area contributed by atoms with Gasteiger partial charge in [0.15, 0.2) is 0 Å². The van der Waals surface area contributed by atoms with E-state index in [1.165, 1.54) is 0 Å². The van der Waals surface area contributed by atoms with Gasteiger partial charge < -0.3 is 14.5 Å². The largest absolute Gasteiger partial charge is 0.492 e. The molecular weight excluding hydrogens is 316 g/mol. The van der Waals surface area contributed by atoms with E-state index in [1.807, 2.05) is 25.7 Å². The molecule has 2 rings (SSSR count).